The van der Waals surface area contributed by atoms with Gasteiger partial charge in [-0.25, -0.2) is 0 Å². The van der Waals surface area contributed by atoms with Crippen LogP contribution in [0.25, 0.3) is 10.8 Å². The molecule has 1 saturated carbocycles. The van der Waals surface area contributed by atoms with Crippen molar-refractivity contribution in [1.82, 2.24) is 5.32 Å². The van der Waals surface area contributed by atoms with E-state index in [1.54, 1.807) is 0 Å². The number of rotatable bonds is 5. The lowest BCUT2D eigenvalue weighted by Gasteiger charge is -2.14. The van der Waals surface area contributed by atoms with Crippen LogP contribution in [0, 0.1) is 0 Å². The summed E-state index contributed by atoms with van der Waals surface area (Å²) in [6.45, 7) is 2.11. The Morgan fingerprint density at radius 3 is 2.67 bits per heavy atom. The molecule has 0 bridgehead atoms. The second kappa shape index (κ2) is 4.94. The molecule has 2 aromatic carbocycles. The number of hydrogen-bond acceptors (Lipinski definition) is 2. The predicted molar refractivity (Wildman–Crippen MR) is 81.1 cm³/mol. The molecule has 1 nitrogen and oxygen atoms in total. The zero-order valence-electron chi connectivity index (χ0n) is 10.8. The van der Waals surface area contributed by atoms with E-state index in [-0.39, 0.29) is 0 Å². The Hall–Kier alpha value is -0.990. The van der Waals surface area contributed by atoms with Crippen LogP contribution in [0.15, 0.2) is 42.5 Å². The molecule has 0 saturated heterocycles. The highest BCUT2D eigenvalue weighted by Crippen LogP contribution is 2.46. The Kier molecular flexibility index (Phi) is 3.31. The average molecular weight is 257 g/mol. The summed E-state index contributed by atoms with van der Waals surface area (Å²) in [4.78, 5) is 0. The maximum absolute atomic E-state index is 3.63. The van der Waals surface area contributed by atoms with Gasteiger partial charge < -0.3 is 5.32 Å². The summed E-state index contributed by atoms with van der Waals surface area (Å²) in [7, 11) is 0. The van der Waals surface area contributed by atoms with Gasteiger partial charge in [-0.05, 0) is 35.4 Å². The van der Waals surface area contributed by atoms with E-state index in [1.807, 2.05) is 11.8 Å². The number of thioether (sulfide) groups is 1. The number of hydrogen-bond donors (Lipinski definition) is 1. The summed E-state index contributed by atoms with van der Waals surface area (Å²) in [6, 6.07) is 15.2. The molecule has 2 aromatic rings. The maximum atomic E-state index is 3.63. The SMILES string of the molecule is CSC1(CNCc2cccc3ccccc23)CC1. The molecule has 1 aliphatic carbocycles. The van der Waals surface area contributed by atoms with Crippen molar-refractivity contribution in [2.45, 2.75) is 24.1 Å². The standard InChI is InChI=1S/C16H19NS/c1-18-16(9-10-16)12-17-11-14-7-4-6-13-5-2-3-8-15(13)14/h2-8,17H,9-12H2,1H3. The van der Waals surface area contributed by atoms with Crippen LogP contribution in [0.2, 0.25) is 0 Å². The number of nitrogens with one attached hydrogen (secondary N) is 1. The molecule has 0 radical (unpaired) electrons. The van der Waals surface area contributed by atoms with Crippen LogP contribution in [0.4, 0.5) is 0 Å². The van der Waals surface area contributed by atoms with Gasteiger partial charge in [0.05, 0.1) is 0 Å². The Bertz CT molecular complexity index is 540. The molecule has 0 aliphatic heterocycles. The van der Waals surface area contributed by atoms with E-state index in [4.69, 9.17) is 0 Å². The summed E-state index contributed by atoms with van der Waals surface area (Å²) in [5, 5.41) is 6.34. The predicted octanol–water partition coefficient (Wildman–Crippen LogP) is 3.83. The first-order valence-electron chi connectivity index (χ1n) is 6.56. The third-order valence-electron chi connectivity index (χ3n) is 3.88. The summed E-state index contributed by atoms with van der Waals surface area (Å²) < 4.78 is 0.546. The molecule has 18 heavy (non-hydrogen) atoms. The molecule has 0 aromatic heterocycles. The molecule has 2 heteroatoms. The van der Waals surface area contributed by atoms with Crippen LogP contribution >= 0.6 is 11.8 Å². The van der Waals surface area contributed by atoms with Gasteiger partial charge in [0.2, 0.25) is 0 Å². The molecular formula is C16H19NS. The lowest BCUT2D eigenvalue weighted by atomic mass is 10.0. The number of benzene rings is 2. The van der Waals surface area contributed by atoms with E-state index < -0.39 is 0 Å². The van der Waals surface area contributed by atoms with Gasteiger partial charge in [-0.3, -0.25) is 0 Å². The van der Waals surface area contributed by atoms with Gasteiger partial charge in [0.1, 0.15) is 0 Å². The fourth-order valence-corrected chi connectivity index (χ4v) is 3.22. The van der Waals surface area contributed by atoms with Crippen LogP contribution in [0.1, 0.15) is 18.4 Å². The molecule has 0 heterocycles. The van der Waals surface area contributed by atoms with Crippen molar-refractivity contribution in [2.24, 2.45) is 0 Å². The van der Waals surface area contributed by atoms with E-state index in [0.29, 0.717) is 4.75 Å². The van der Waals surface area contributed by atoms with Crippen LogP contribution in [0.3, 0.4) is 0 Å². The monoisotopic (exact) mass is 257 g/mol. The first kappa shape index (κ1) is 12.1. The van der Waals surface area contributed by atoms with Crippen molar-refractivity contribution in [3.8, 4) is 0 Å². The zero-order valence-corrected chi connectivity index (χ0v) is 11.6. The van der Waals surface area contributed by atoms with Gasteiger partial charge in [0, 0.05) is 17.8 Å². The van der Waals surface area contributed by atoms with E-state index in [1.165, 1.54) is 29.2 Å². The van der Waals surface area contributed by atoms with Crippen molar-refractivity contribution >= 4 is 22.5 Å². The Balaban J connectivity index is 1.71. The molecule has 0 spiro atoms. The van der Waals surface area contributed by atoms with Crippen molar-refractivity contribution in [3.63, 3.8) is 0 Å². The summed E-state index contributed by atoms with van der Waals surface area (Å²) in [5.74, 6) is 0. The highest BCUT2D eigenvalue weighted by Gasteiger charge is 2.41. The van der Waals surface area contributed by atoms with Gasteiger partial charge in [0.15, 0.2) is 0 Å². The van der Waals surface area contributed by atoms with E-state index in [2.05, 4.69) is 54.0 Å². The lowest BCUT2D eigenvalue weighted by molar-refractivity contribution is 0.665. The maximum Gasteiger partial charge on any atom is 0.0282 e. The highest BCUT2D eigenvalue weighted by atomic mass is 32.2. The average Bonchev–Trinajstić information content (AvgIpc) is 3.20. The van der Waals surface area contributed by atoms with Crippen molar-refractivity contribution < 1.29 is 0 Å². The minimum Gasteiger partial charge on any atom is -0.311 e. The Labute approximate surface area is 113 Å². The smallest absolute Gasteiger partial charge is 0.0282 e. The number of fused-ring (bicyclic) bond motifs is 1. The molecule has 0 unspecified atom stereocenters. The van der Waals surface area contributed by atoms with Gasteiger partial charge in [-0.1, -0.05) is 42.5 Å². The molecule has 1 N–H and O–H groups in total. The fourth-order valence-electron chi connectivity index (χ4n) is 2.46. The summed E-state index contributed by atoms with van der Waals surface area (Å²) in [6.07, 6.45) is 4.97. The van der Waals surface area contributed by atoms with Crippen LogP contribution in [-0.2, 0) is 6.54 Å². The van der Waals surface area contributed by atoms with E-state index in [9.17, 15) is 0 Å². The molecule has 94 valence electrons. The van der Waals surface area contributed by atoms with E-state index >= 15 is 0 Å². The van der Waals surface area contributed by atoms with Crippen LogP contribution < -0.4 is 5.32 Å². The normalized spacial score (nSPS) is 16.9. The first-order valence-corrected chi connectivity index (χ1v) is 7.78. The van der Waals surface area contributed by atoms with E-state index in [0.717, 1.165) is 13.1 Å². The minimum absolute atomic E-state index is 0.546. The van der Waals surface area contributed by atoms with Crippen molar-refractivity contribution in [3.05, 3.63) is 48.0 Å². The summed E-state index contributed by atoms with van der Waals surface area (Å²) in [5.41, 5.74) is 1.41. The largest absolute Gasteiger partial charge is 0.311 e. The highest BCUT2D eigenvalue weighted by molar-refractivity contribution is 8.00. The zero-order chi connectivity index (χ0) is 12.4. The Morgan fingerprint density at radius 1 is 1.11 bits per heavy atom. The van der Waals surface area contributed by atoms with Crippen LogP contribution in [0.5, 0.6) is 0 Å². The third kappa shape index (κ3) is 2.40. The van der Waals surface area contributed by atoms with Crippen molar-refractivity contribution in [2.75, 3.05) is 12.8 Å². The third-order valence-corrected chi connectivity index (χ3v) is 5.30. The Morgan fingerprint density at radius 2 is 1.89 bits per heavy atom. The molecule has 3 rings (SSSR count). The van der Waals surface area contributed by atoms with Gasteiger partial charge >= 0.3 is 0 Å². The van der Waals surface area contributed by atoms with Gasteiger partial charge in [-0.2, -0.15) is 11.8 Å². The molecule has 1 aliphatic rings. The molecule has 0 amide bonds. The topological polar surface area (TPSA) is 12.0 Å². The summed E-state index contributed by atoms with van der Waals surface area (Å²) >= 11 is 2.01. The van der Waals surface area contributed by atoms with Crippen LogP contribution in [-0.4, -0.2) is 17.5 Å². The molecular weight excluding hydrogens is 238 g/mol. The molecule has 0 atom stereocenters. The second-order valence-electron chi connectivity index (χ2n) is 5.13. The van der Waals surface area contributed by atoms with Crippen molar-refractivity contribution in [1.29, 1.82) is 0 Å². The molecule has 1 fully saturated rings. The van der Waals surface area contributed by atoms with Gasteiger partial charge in [-0.15, -0.1) is 0 Å². The minimum atomic E-state index is 0.546. The quantitative estimate of drug-likeness (QED) is 0.874. The second-order valence-corrected chi connectivity index (χ2v) is 6.40. The lowest BCUT2D eigenvalue weighted by Crippen LogP contribution is -2.25. The first-order chi connectivity index (χ1) is 8.83. The van der Waals surface area contributed by atoms with Gasteiger partial charge in [0.25, 0.3) is 0 Å². The fraction of sp³-hybridized carbons (Fsp3) is 0.375.